The van der Waals surface area contributed by atoms with Crippen molar-refractivity contribution in [2.45, 2.75) is 6.04 Å². The summed E-state index contributed by atoms with van der Waals surface area (Å²) in [7, 11) is 1.65. The summed E-state index contributed by atoms with van der Waals surface area (Å²) in [6.45, 7) is 0. The fourth-order valence-corrected chi connectivity index (χ4v) is 2.45. The maximum atomic E-state index is 12.1. The van der Waals surface area contributed by atoms with E-state index < -0.39 is 0 Å². The summed E-state index contributed by atoms with van der Waals surface area (Å²) in [6, 6.07) is 7.80. The summed E-state index contributed by atoms with van der Waals surface area (Å²) in [5, 5.41) is 2.96. The van der Waals surface area contributed by atoms with E-state index in [1.54, 1.807) is 7.11 Å². The predicted octanol–water partition coefficient (Wildman–Crippen LogP) is 2.32. The molecule has 0 radical (unpaired) electrons. The van der Waals surface area contributed by atoms with Gasteiger partial charge in [-0.05, 0) is 23.3 Å². The lowest BCUT2D eigenvalue weighted by molar-refractivity contribution is -0.122. The van der Waals surface area contributed by atoms with Gasteiger partial charge in [0, 0.05) is 0 Å². The van der Waals surface area contributed by atoms with E-state index >= 15 is 0 Å². The number of hydrogen-bond acceptors (Lipinski definition) is 2. The van der Waals surface area contributed by atoms with Gasteiger partial charge in [0.2, 0.25) is 5.91 Å². The molecule has 2 atom stereocenters. The van der Waals surface area contributed by atoms with Gasteiger partial charge in [0.1, 0.15) is 5.75 Å². The maximum Gasteiger partial charge on any atom is 0.232 e. The van der Waals surface area contributed by atoms with Gasteiger partial charge in [-0.25, -0.2) is 0 Å². The molecular weight excluding hydrogens is 238 g/mol. The summed E-state index contributed by atoms with van der Waals surface area (Å²) in [6.07, 6.45) is 9.92. The quantitative estimate of drug-likeness (QED) is 0.878. The summed E-state index contributed by atoms with van der Waals surface area (Å²) < 4.78 is 5.16. The van der Waals surface area contributed by atoms with Crippen LogP contribution in [0, 0.1) is 5.92 Å². The molecule has 0 saturated heterocycles. The van der Waals surface area contributed by atoms with Crippen molar-refractivity contribution < 1.29 is 9.53 Å². The smallest absolute Gasteiger partial charge is 0.232 e. The highest BCUT2D eigenvalue weighted by atomic mass is 16.5. The topological polar surface area (TPSA) is 38.3 Å². The Morgan fingerprint density at radius 1 is 1.11 bits per heavy atom. The van der Waals surface area contributed by atoms with Crippen molar-refractivity contribution in [1.29, 1.82) is 0 Å². The number of carbonyl (C=O) groups is 1. The number of allylic oxidation sites excluding steroid dienone is 2. The molecular formula is C16H15NO2. The second-order valence-electron chi connectivity index (χ2n) is 4.63. The minimum Gasteiger partial charge on any atom is -0.497 e. The molecule has 1 aromatic rings. The normalized spacial score (nSPS) is 24.5. The fourth-order valence-electron chi connectivity index (χ4n) is 2.45. The zero-order chi connectivity index (χ0) is 13.2. The maximum absolute atomic E-state index is 12.1. The highest BCUT2D eigenvalue weighted by molar-refractivity contribution is 5.96. The van der Waals surface area contributed by atoms with Crippen molar-refractivity contribution in [2.24, 2.45) is 5.92 Å². The molecule has 1 aromatic carbocycles. The van der Waals surface area contributed by atoms with Gasteiger partial charge in [-0.2, -0.15) is 0 Å². The van der Waals surface area contributed by atoms with Crippen LogP contribution in [-0.4, -0.2) is 19.1 Å². The van der Waals surface area contributed by atoms with Gasteiger partial charge in [0.05, 0.1) is 19.1 Å². The van der Waals surface area contributed by atoms with Gasteiger partial charge < -0.3 is 10.1 Å². The Hall–Kier alpha value is -2.29. The molecule has 0 unspecified atom stereocenters. The summed E-state index contributed by atoms with van der Waals surface area (Å²) in [5.41, 5.74) is 2.11. The Kier molecular flexibility index (Phi) is 2.95. The van der Waals surface area contributed by atoms with Crippen molar-refractivity contribution >= 4 is 11.5 Å². The van der Waals surface area contributed by atoms with Crippen LogP contribution in [0.15, 0.2) is 54.6 Å². The first-order valence-corrected chi connectivity index (χ1v) is 6.29. The lowest BCUT2D eigenvalue weighted by Gasteiger charge is -2.27. The Bertz CT molecular complexity index is 581. The lowest BCUT2D eigenvalue weighted by atomic mass is 9.85. The van der Waals surface area contributed by atoms with Crippen LogP contribution in [0.4, 0.5) is 0 Å². The minimum absolute atomic E-state index is 0.0224. The highest BCUT2D eigenvalue weighted by Gasteiger charge is 2.28. The van der Waals surface area contributed by atoms with Crippen molar-refractivity contribution in [1.82, 2.24) is 5.32 Å². The summed E-state index contributed by atoms with van der Waals surface area (Å²) in [4.78, 5) is 12.1. The molecule has 0 saturated carbocycles. The van der Waals surface area contributed by atoms with E-state index in [9.17, 15) is 4.79 Å². The summed E-state index contributed by atoms with van der Waals surface area (Å²) in [5.74, 6) is 0.661. The van der Waals surface area contributed by atoms with Crippen LogP contribution in [0.25, 0.3) is 5.57 Å². The number of rotatable bonds is 2. The lowest BCUT2D eigenvalue weighted by Crippen LogP contribution is -2.41. The Morgan fingerprint density at radius 3 is 2.58 bits per heavy atom. The third kappa shape index (κ3) is 2.19. The average molecular weight is 253 g/mol. The largest absolute Gasteiger partial charge is 0.497 e. The number of amides is 1. The Labute approximate surface area is 112 Å². The van der Waals surface area contributed by atoms with Crippen LogP contribution >= 0.6 is 0 Å². The number of fused-ring (bicyclic) bond motifs is 2. The van der Waals surface area contributed by atoms with Crippen LogP contribution < -0.4 is 10.1 Å². The van der Waals surface area contributed by atoms with Crippen LogP contribution in [0.5, 0.6) is 5.75 Å². The molecule has 3 heteroatoms. The van der Waals surface area contributed by atoms with Crippen LogP contribution in [-0.2, 0) is 4.79 Å². The van der Waals surface area contributed by atoms with Gasteiger partial charge >= 0.3 is 0 Å². The Morgan fingerprint density at radius 2 is 1.84 bits per heavy atom. The zero-order valence-corrected chi connectivity index (χ0v) is 10.7. The van der Waals surface area contributed by atoms with Crippen molar-refractivity contribution in [3.63, 3.8) is 0 Å². The van der Waals surface area contributed by atoms with E-state index in [0.717, 1.165) is 16.9 Å². The predicted molar refractivity (Wildman–Crippen MR) is 74.7 cm³/mol. The SMILES string of the molecule is COc1ccc(C2=C[C@H]3C=CC=C[C@@H]2C(=O)N3)cc1. The number of carbonyl (C=O) groups excluding carboxylic acids is 1. The number of ether oxygens (including phenoxy) is 1. The van der Waals surface area contributed by atoms with Gasteiger partial charge in [0.25, 0.3) is 0 Å². The van der Waals surface area contributed by atoms with Gasteiger partial charge in [-0.3, -0.25) is 4.79 Å². The molecule has 19 heavy (non-hydrogen) atoms. The average Bonchev–Trinajstić information content (AvgIpc) is 2.40. The number of nitrogens with one attached hydrogen (secondary N) is 1. The van der Waals surface area contributed by atoms with Crippen LogP contribution in [0.2, 0.25) is 0 Å². The molecule has 0 fully saturated rings. The highest BCUT2D eigenvalue weighted by Crippen LogP contribution is 2.31. The van der Waals surface area contributed by atoms with E-state index in [1.165, 1.54) is 0 Å². The molecule has 2 bridgehead atoms. The first-order chi connectivity index (χ1) is 9.28. The number of benzene rings is 1. The molecule has 1 aliphatic carbocycles. The van der Waals surface area contributed by atoms with Crippen LogP contribution in [0.3, 0.4) is 0 Å². The van der Waals surface area contributed by atoms with E-state index in [2.05, 4.69) is 11.4 Å². The summed E-state index contributed by atoms with van der Waals surface area (Å²) >= 11 is 0. The molecule has 3 aliphatic rings. The van der Waals surface area contributed by atoms with Crippen molar-refractivity contribution in [2.75, 3.05) is 7.11 Å². The van der Waals surface area contributed by atoms with Gasteiger partial charge in [0.15, 0.2) is 0 Å². The first-order valence-electron chi connectivity index (χ1n) is 6.29. The fraction of sp³-hybridized carbons (Fsp3) is 0.188. The zero-order valence-electron chi connectivity index (χ0n) is 10.7. The van der Waals surface area contributed by atoms with E-state index in [-0.39, 0.29) is 17.9 Å². The van der Waals surface area contributed by atoms with Crippen molar-refractivity contribution in [3.8, 4) is 5.75 Å². The van der Waals surface area contributed by atoms with E-state index in [4.69, 9.17) is 4.74 Å². The second-order valence-corrected chi connectivity index (χ2v) is 4.63. The molecule has 0 spiro atoms. The molecule has 2 aliphatic heterocycles. The minimum atomic E-state index is -0.213. The number of hydrogen-bond donors (Lipinski definition) is 1. The molecule has 4 rings (SSSR count). The van der Waals surface area contributed by atoms with E-state index in [0.29, 0.717) is 0 Å². The standard InChI is InChI=1S/C16H15NO2/c1-19-13-8-6-11(7-9-13)15-10-12-4-2-3-5-14(15)16(18)17-12/h2-10,12,14H,1H3,(H,17,18)/t12-,14+/m1/s1. The van der Waals surface area contributed by atoms with Gasteiger partial charge in [-0.1, -0.05) is 42.5 Å². The molecule has 1 N–H and O–H groups in total. The Balaban J connectivity index is 2.03. The third-order valence-corrected chi connectivity index (χ3v) is 3.44. The molecule has 3 nitrogen and oxygen atoms in total. The second kappa shape index (κ2) is 4.76. The van der Waals surface area contributed by atoms with E-state index in [1.807, 2.05) is 48.6 Å². The molecule has 0 aromatic heterocycles. The number of methoxy groups -OCH3 is 1. The first kappa shape index (κ1) is 11.8. The van der Waals surface area contributed by atoms with Crippen LogP contribution in [0.1, 0.15) is 5.56 Å². The monoisotopic (exact) mass is 253 g/mol. The molecule has 2 heterocycles. The van der Waals surface area contributed by atoms with Crippen molar-refractivity contribution in [3.05, 3.63) is 60.2 Å². The molecule has 1 amide bonds. The third-order valence-electron chi connectivity index (χ3n) is 3.44. The van der Waals surface area contributed by atoms with Gasteiger partial charge in [-0.15, -0.1) is 0 Å². The molecule has 96 valence electrons.